The topological polar surface area (TPSA) is 74.0 Å². The first-order valence-electron chi connectivity index (χ1n) is 6.93. The van der Waals surface area contributed by atoms with Crippen LogP contribution in [-0.2, 0) is 0 Å². The minimum absolute atomic E-state index is 0.0144. The number of furan rings is 1. The zero-order valence-corrected chi connectivity index (χ0v) is 11.4. The standard InChI is InChI=1S/C14H18N2O4/c1-9-6-15-4-2-3-11(15)7-16(9)13(17)12-5-10(8-20-12)14(18)19/h5,8-9,11H,2-4,6-7H2,1H3,(H,18,19). The van der Waals surface area contributed by atoms with Crippen molar-refractivity contribution in [1.82, 2.24) is 9.80 Å². The Hall–Kier alpha value is -1.82. The van der Waals surface area contributed by atoms with Crippen molar-refractivity contribution in [3.05, 3.63) is 23.7 Å². The Morgan fingerprint density at radius 2 is 2.20 bits per heavy atom. The predicted molar refractivity (Wildman–Crippen MR) is 70.8 cm³/mol. The summed E-state index contributed by atoms with van der Waals surface area (Å²) in [7, 11) is 0. The van der Waals surface area contributed by atoms with Crippen molar-refractivity contribution in [3.63, 3.8) is 0 Å². The molecule has 1 aromatic rings. The van der Waals surface area contributed by atoms with E-state index in [1.165, 1.54) is 12.5 Å². The third-order valence-electron chi connectivity index (χ3n) is 4.26. The molecular weight excluding hydrogens is 260 g/mol. The molecule has 6 heteroatoms. The first-order valence-corrected chi connectivity index (χ1v) is 6.93. The molecule has 0 spiro atoms. The number of carboxylic acid groups (broad SMARTS) is 1. The van der Waals surface area contributed by atoms with E-state index in [0.717, 1.165) is 25.8 Å². The summed E-state index contributed by atoms with van der Waals surface area (Å²) in [6.07, 6.45) is 3.42. The Labute approximate surface area is 117 Å². The van der Waals surface area contributed by atoms with E-state index < -0.39 is 5.97 Å². The normalized spacial score (nSPS) is 26.6. The number of aromatic carboxylic acids is 1. The first kappa shape index (κ1) is 13.2. The molecule has 2 fully saturated rings. The van der Waals surface area contributed by atoms with Gasteiger partial charge in [-0.25, -0.2) is 4.79 Å². The molecule has 108 valence electrons. The van der Waals surface area contributed by atoms with Crippen LogP contribution < -0.4 is 0 Å². The fourth-order valence-corrected chi connectivity index (χ4v) is 3.17. The lowest BCUT2D eigenvalue weighted by Crippen LogP contribution is -2.56. The monoisotopic (exact) mass is 278 g/mol. The molecule has 6 nitrogen and oxygen atoms in total. The Bertz CT molecular complexity index is 539. The molecule has 3 rings (SSSR count). The molecule has 1 N–H and O–H groups in total. The van der Waals surface area contributed by atoms with Gasteiger partial charge < -0.3 is 14.4 Å². The summed E-state index contributed by atoms with van der Waals surface area (Å²) in [5.74, 6) is -1.18. The van der Waals surface area contributed by atoms with Crippen molar-refractivity contribution in [2.75, 3.05) is 19.6 Å². The van der Waals surface area contributed by atoms with Gasteiger partial charge in [0.25, 0.3) is 5.91 Å². The third kappa shape index (κ3) is 2.20. The summed E-state index contributed by atoms with van der Waals surface area (Å²) >= 11 is 0. The van der Waals surface area contributed by atoms with Gasteiger partial charge in [-0.05, 0) is 26.3 Å². The lowest BCUT2D eigenvalue weighted by Gasteiger charge is -2.41. The maximum atomic E-state index is 12.5. The van der Waals surface area contributed by atoms with E-state index >= 15 is 0 Å². The molecule has 2 atom stereocenters. The van der Waals surface area contributed by atoms with Crippen molar-refractivity contribution >= 4 is 11.9 Å². The van der Waals surface area contributed by atoms with Gasteiger partial charge in [0.1, 0.15) is 6.26 Å². The van der Waals surface area contributed by atoms with Crippen molar-refractivity contribution in [2.24, 2.45) is 0 Å². The largest absolute Gasteiger partial charge is 0.478 e. The van der Waals surface area contributed by atoms with Gasteiger partial charge in [0, 0.05) is 31.2 Å². The minimum atomic E-state index is -1.08. The second-order valence-corrected chi connectivity index (χ2v) is 5.60. The fourth-order valence-electron chi connectivity index (χ4n) is 3.17. The zero-order valence-electron chi connectivity index (χ0n) is 11.4. The second-order valence-electron chi connectivity index (χ2n) is 5.60. The van der Waals surface area contributed by atoms with Gasteiger partial charge in [0.05, 0.1) is 5.56 Å². The Morgan fingerprint density at radius 3 is 2.90 bits per heavy atom. The lowest BCUT2D eigenvalue weighted by molar-refractivity contribution is 0.0368. The number of hydrogen-bond donors (Lipinski definition) is 1. The number of fused-ring (bicyclic) bond motifs is 1. The number of piperazine rings is 1. The summed E-state index contributed by atoms with van der Waals surface area (Å²) in [5, 5.41) is 8.87. The molecule has 2 aliphatic rings. The molecule has 0 bridgehead atoms. The molecule has 0 radical (unpaired) electrons. The molecule has 0 aromatic carbocycles. The Morgan fingerprint density at radius 1 is 1.40 bits per heavy atom. The van der Waals surface area contributed by atoms with E-state index in [1.807, 2.05) is 6.92 Å². The lowest BCUT2D eigenvalue weighted by atomic mass is 10.1. The van der Waals surface area contributed by atoms with Gasteiger partial charge in [-0.15, -0.1) is 0 Å². The number of carboxylic acids is 1. The van der Waals surface area contributed by atoms with Crippen LogP contribution in [0.15, 0.2) is 16.7 Å². The maximum Gasteiger partial charge on any atom is 0.338 e. The minimum Gasteiger partial charge on any atom is -0.478 e. The first-order chi connectivity index (χ1) is 9.56. The summed E-state index contributed by atoms with van der Waals surface area (Å²) in [4.78, 5) is 27.5. The highest BCUT2D eigenvalue weighted by atomic mass is 16.4. The average Bonchev–Trinajstić information content (AvgIpc) is 3.05. The van der Waals surface area contributed by atoms with Gasteiger partial charge in [-0.1, -0.05) is 0 Å². The summed E-state index contributed by atoms with van der Waals surface area (Å²) in [5.41, 5.74) is 0.0144. The van der Waals surface area contributed by atoms with E-state index in [9.17, 15) is 9.59 Å². The van der Waals surface area contributed by atoms with E-state index in [4.69, 9.17) is 9.52 Å². The van der Waals surface area contributed by atoms with Crippen molar-refractivity contribution in [2.45, 2.75) is 31.8 Å². The van der Waals surface area contributed by atoms with Crippen LogP contribution in [0.2, 0.25) is 0 Å². The van der Waals surface area contributed by atoms with Crippen LogP contribution in [-0.4, -0.2) is 58.5 Å². The van der Waals surface area contributed by atoms with E-state index in [-0.39, 0.29) is 23.3 Å². The van der Waals surface area contributed by atoms with Gasteiger partial charge >= 0.3 is 5.97 Å². The van der Waals surface area contributed by atoms with E-state index in [1.54, 1.807) is 4.90 Å². The molecule has 1 amide bonds. The summed E-state index contributed by atoms with van der Waals surface area (Å²) < 4.78 is 5.11. The van der Waals surface area contributed by atoms with Crippen molar-refractivity contribution in [1.29, 1.82) is 0 Å². The van der Waals surface area contributed by atoms with Crippen LogP contribution >= 0.6 is 0 Å². The quantitative estimate of drug-likeness (QED) is 0.882. The van der Waals surface area contributed by atoms with Crippen LogP contribution in [0.3, 0.4) is 0 Å². The molecule has 0 aliphatic carbocycles. The smallest absolute Gasteiger partial charge is 0.338 e. The Kier molecular flexibility index (Phi) is 3.25. The fraction of sp³-hybridized carbons (Fsp3) is 0.571. The number of carbonyl (C=O) groups excluding carboxylic acids is 1. The van der Waals surface area contributed by atoms with Gasteiger partial charge in [-0.3, -0.25) is 9.69 Å². The van der Waals surface area contributed by atoms with Crippen LogP contribution in [0, 0.1) is 0 Å². The number of rotatable bonds is 2. The second kappa shape index (κ2) is 4.94. The molecule has 2 aliphatic heterocycles. The van der Waals surface area contributed by atoms with Crippen LogP contribution in [0.4, 0.5) is 0 Å². The summed E-state index contributed by atoms with van der Waals surface area (Å²) in [6, 6.07) is 1.86. The number of amides is 1. The molecule has 2 unspecified atom stereocenters. The highest BCUT2D eigenvalue weighted by Crippen LogP contribution is 2.26. The molecule has 1 aromatic heterocycles. The number of carbonyl (C=O) groups is 2. The highest BCUT2D eigenvalue weighted by Gasteiger charge is 2.37. The van der Waals surface area contributed by atoms with Crippen LogP contribution in [0.25, 0.3) is 0 Å². The number of hydrogen-bond acceptors (Lipinski definition) is 4. The SMILES string of the molecule is CC1CN2CCCC2CN1C(=O)c1cc(C(=O)O)co1. The molecule has 0 saturated carbocycles. The van der Waals surface area contributed by atoms with E-state index in [0.29, 0.717) is 12.6 Å². The predicted octanol–water partition coefficient (Wildman–Crippen LogP) is 1.29. The Balaban J connectivity index is 1.77. The van der Waals surface area contributed by atoms with Crippen LogP contribution in [0.1, 0.15) is 40.7 Å². The average molecular weight is 278 g/mol. The van der Waals surface area contributed by atoms with Gasteiger partial charge in [0.2, 0.25) is 0 Å². The third-order valence-corrected chi connectivity index (χ3v) is 4.26. The molecule has 20 heavy (non-hydrogen) atoms. The zero-order chi connectivity index (χ0) is 14.3. The van der Waals surface area contributed by atoms with Gasteiger partial charge in [0.15, 0.2) is 5.76 Å². The molecule has 3 heterocycles. The van der Waals surface area contributed by atoms with Crippen molar-refractivity contribution in [3.8, 4) is 0 Å². The maximum absolute atomic E-state index is 12.5. The highest BCUT2D eigenvalue weighted by molar-refractivity contribution is 5.95. The van der Waals surface area contributed by atoms with Gasteiger partial charge in [-0.2, -0.15) is 0 Å². The molecular formula is C14H18N2O4. The van der Waals surface area contributed by atoms with Crippen LogP contribution in [0.5, 0.6) is 0 Å². The van der Waals surface area contributed by atoms with Crippen molar-refractivity contribution < 1.29 is 19.1 Å². The summed E-state index contributed by atoms with van der Waals surface area (Å²) in [6.45, 7) is 4.71. The number of nitrogens with zero attached hydrogens (tertiary/aromatic N) is 2. The van der Waals surface area contributed by atoms with E-state index in [2.05, 4.69) is 4.90 Å². The molecule has 2 saturated heterocycles.